The summed E-state index contributed by atoms with van der Waals surface area (Å²) in [6, 6.07) is 0. The number of hydrogen-bond donors (Lipinski definition) is 0. The van der Waals surface area contributed by atoms with E-state index in [0.29, 0.717) is 15.3 Å². The van der Waals surface area contributed by atoms with Crippen molar-refractivity contribution in [3.05, 3.63) is 33.2 Å². The summed E-state index contributed by atoms with van der Waals surface area (Å²) in [5.41, 5.74) is 0.684. The highest BCUT2D eigenvalue weighted by Crippen LogP contribution is 2.22. The summed E-state index contributed by atoms with van der Waals surface area (Å²) in [5.74, 6) is 0. The maximum Gasteiger partial charge on any atom is 0.200 e. The minimum atomic E-state index is 0.289. The third-order valence-electron chi connectivity index (χ3n) is 1.12. The van der Waals surface area contributed by atoms with Crippen molar-refractivity contribution in [1.82, 2.24) is 0 Å². The Balaban J connectivity index is 3.31. The van der Waals surface area contributed by atoms with E-state index in [9.17, 15) is 5.21 Å². The lowest BCUT2D eigenvalue weighted by molar-refractivity contribution is -0.605. The quantitative estimate of drug-likeness (QED) is 0.440. The molecule has 0 saturated carbocycles. The van der Waals surface area contributed by atoms with Crippen LogP contribution in [0, 0.1) is 12.1 Å². The molecule has 0 bridgehead atoms. The number of hydrogen-bond acceptors (Lipinski definition) is 1. The summed E-state index contributed by atoms with van der Waals surface area (Å²) in [5, 5.41) is 11.4. The first kappa shape index (κ1) is 7.63. The molecule has 0 saturated heterocycles. The average Bonchev–Trinajstić information content (AvgIpc) is 1.82. The Bertz CT molecular complexity index is 239. The molecule has 0 aliphatic heterocycles. The van der Waals surface area contributed by atoms with E-state index in [2.05, 4.69) is 0 Å². The fraction of sp³-hybridized carbons (Fsp3) is 0.167. The van der Waals surface area contributed by atoms with Gasteiger partial charge < -0.3 is 5.21 Å². The molecule has 0 fully saturated rings. The number of pyridine rings is 1. The van der Waals surface area contributed by atoms with E-state index < -0.39 is 0 Å². The van der Waals surface area contributed by atoms with Crippen LogP contribution in [0.25, 0.3) is 0 Å². The van der Waals surface area contributed by atoms with Crippen molar-refractivity contribution in [2.24, 2.45) is 0 Å². The van der Waals surface area contributed by atoms with Gasteiger partial charge in [-0.3, -0.25) is 0 Å². The molecule has 1 aromatic rings. The highest BCUT2D eigenvalue weighted by molar-refractivity contribution is 6.42. The van der Waals surface area contributed by atoms with Crippen molar-refractivity contribution in [2.75, 3.05) is 0 Å². The van der Waals surface area contributed by atoms with Gasteiger partial charge in [-0.05, 0) is 6.92 Å². The van der Waals surface area contributed by atoms with Crippen molar-refractivity contribution in [3.63, 3.8) is 0 Å². The molecule has 0 aliphatic carbocycles. The Kier molecular flexibility index (Phi) is 2.02. The van der Waals surface area contributed by atoms with E-state index in [1.165, 1.54) is 12.4 Å². The van der Waals surface area contributed by atoms with E-state index in [1.54, 1.807) is 6.92 Å². The molecule has 0 radical (unpaired) electrons. The molecule has 0 aliphatic rings. The standard InChI is InChI=1S/C6H5Cl2NO/c1-4-2-9(10)3-5(7)6(4)8/h2-3H,1H3. The van der Waals surface area contributed by atoms with Crippen LogP contribution in [0.5, 0.6) is 0 Å². The van der Waals surface area contributed by atoms with Gasteiger partial charge in [-0.15, -0.1) is 0 Å². The third kappa shape index (κ3) is 1.33. The molecule has 1 heterocycles. The summed E-state index contributed by atoms with van der Waals surface area (Å²) in [4.78, 5) is 0. The summed E-state index contributed by atoms with van der Waals surface area (Å²) in [7, 11) is 0. The largest absolute Gasteiger partial charge is 0.619 e. The maximum absolute atomic E-state index is 10.6. The summed E-state index contributed by atoms with van der Waals surface area (Å²) >= 11 is 11.2. The average molecular weight is 178 g/mol. The molecule has 1 rings (SSSR count). The molecule has 0 amide bonds. The highest BCUT2D eigenvalue weighted by atomic mass is 35.5. The Morgan fingerprint density at radius 3 is 2.50 bits per heavy atom. The smallest absolute Gasteiger partial charge is 0.200 e. The summed E-state index contributed by atoms with van der Waals surface area (Å²) in [6.07, 6.45) is 2.59. The van der Waals surface area contributed by atoms with E-state index in [0.717, 1.165) is 0 Å². The van der Waals surface area contributed by atoms with E-state index in [1.807, 2.05) is 0 Å². The lowest BCUT2D eigenvalue weighted by atomic mass is 10.3. The highest BCUT2D eigenvalue weighted by Gasteiger charge is 2.05. The van der Waals surface area contributed by atoms with Gasteiger partial charge in [0.25, 0.3) is 0 Å². The van der Waals surface area contributed by atoms with Crippen LogP contribution in [0.4, 0.5) is 0 Å². The predicted octanol–water partition coefficient (Wildman–Crippen LogP) is 1.94. The summed E-state index contributed by atoms with van der Waals surface area (Å²) < 4.78 is 0.629. The Labute approximate surface area is 68.6 Å². The number of aryl methyl sites for hydroxylation is 1. The molecule has 10 heavy (non-hydrogen) atoms. The molecule has 54 valence electrons. The van der Waals surface area contributed by atoms with Gasteiger partial charge in [0.05, 0.1) is 5.02 Å². The number of aromatic nitrogens is 1. The monoisotopic (exact) mass is 177 g/mol. The van der Waals surface area contributed by atoms with Crippen LogP contribution in [0.1, 0.15) is 5.56 Å². The van der Waals surface area contributed by atoms with E-state index >= 15 is 0 Å². The van der Waals surface area contributed by atoms with Crippen LogP contribution in [-0.4, -0.2) is 0 Å². The molecule has 0 unspecified atom stereocenters. The van der Waals surface area contributed by atoms with Crippen molar-refractivity contribution in [2.45, 2.75) is 6.92 Å². The first-order valence-corrected chi connectivity index (χ1v) is 3.41. The van der Waals surface area contributed by atoms with Crippen LogP contribution in [0.2, 0.25) is 10.0 Å². The molecule has 2 nitrogen and oxygen atoms in total. The predicted molar refractivity (Wildman–Crippen MR) is 40.2 cm³/mol. The second-order valence-electron chi connectivity index (χ2n) is 1.96. The van der Waals surface area contributed by atoms with Crippen LogP contribution in [0.15, 0.2) is 12.4 Å². The molecule has 0 spiro atoms. The fourth-order valence-corrected chi connectivity index (χ4v) is 0.984. The Hall–Kier alpha value is -0.470. The van der Waals surface area contributed by atoms with Gasteiger partial charge >= 0.3 is 0 Å². The van der Waals surface area contributed by atoms with Gasteiger partial charge in [-0.2, -0.15) is 4.73 Å². The summed E-state index contributed by atoms with van der Waals surface area (Å²) in [6.45, 7) is 1.72. The topological polar surface area (TPSA) is 26.9 Å². The molecule has 4 heteroatoms. The zero-order valence-electron chi connectivity index (χ0n) is 5.27. The van der Waals surface area contributed by atoms with Crippen LogP contribution in [-0.2, 0) is 0 Å². The van der Waals surface area contributed by atoms with E-state index in [-0.39, 0.29) is 5.02 Å². The number of nitrogens with zero attached hydrogens (tertiary/aromatic N) is 1. The molecular weight excluding hydrogens is 173 g/mol. The van der Waals surface area contributed by atoms with Crippen molar-refractivity contribution < 1.29 is 4.73 Å². The molecule has 0 atom stereocenters. The first-order chi connectivity index (χ1) is 4.61. The zero-order valence-corrected chi connectivity index (χ0v) is 6.78. The second-order valence-corrected chi connectivity index (χ2v) is 2.75. The maximum atomic E-state index is 10.6. The lowest BCUT2D eigenvalue weighted by Crippen LogP contribution is -2.25. The van der Waals surface area contributed by atoms with Crippen LogP contribution >= 0.6 is 23.2 Å². The van der Waals surface area contributed by atoms with Crippen molar-refractivity contribution in [3.8, 4) is 0 Å². The van der Waals surface area contributed by atoms with Gasteiger partial charge in [0.1, 0.15) is 5.02 Å². The van der Waals surface area contributed by atoms with Gasteiger partial charge in [0, 0.05) is 5.56 Å². The fourth-order valence-electron chi connectivity index (χ4n) is 0.642. The van der Waals surface area contributed by atoms with Crippen molar-refractivity contribution in [1.29, 1.82) is 0 Å². The minimum absolute atomic E-state index is 0.289. The lowest BCUT2D eigenvalue weighted by Gasteiger charge is -1.99. The Morgan fingerprint density at radius 2 is 2.00 bits per heavy atom. The minimum Gasteiger partial charge on any atom is -0.619 e. The van der Waals surface area contributed by atoms with Crippen LogP contribution < -0.4 is 4.73 Å². The second kappa shape index (κ2) is 2.64. The zero-order chi connectivity index (χ0) is 7.72. The molecule has 0 N–H and O–H groups in total. The van der Waals surface area contributed by atoms with Gasteiger partial charge in [0.2, 0.25) is 6.20 Å². The third-order valence-corrected chi connectivity index (χ3v) is 2.00. The number of halogens is 2. The first-order valence-electron chi connectivity index (χ1n) is 2.65. The van der Waals surface area contributed by atoms with Gasteiger partial charge in [0.15, 0.2) is 6.20 Å². The molecular formula is C6H5Cl2NO. The SMILES string of the molecule is Cc1c[n+]([O-])cc(Cl)c1Cl. The van der Waals surface area contributed by atoms with Gasteiger partial charge in [-0.1, -0.05) is 23.2 Å². The normalized spacial score (nSPS) is 9.90. The van der Waals surface area contributed by atoms with Crippen molar-refractivity contribution >= 4 is 23.2 Å². The number of rotatable bonds is 0. The van der Waals surface area contributed by atoms with Crippen LogP contribution in [0.3, 0.4) is 0 Å². The Morgan fingerprint density at radius 1 is 1.40 bits per heavy atom. The molecule has 1 aromatic heterocycles. The molecule has 0 aromatic carbocycles. The van der Waals surface area contributed by atoms with Gasteiger partial charge in [-0.25, -0.2) is 0 Å². The van der Waals surface area contributed by atoms with E-state index in [4.69, 9.17) is 23.2 Å².